The summed E-state index contributed by atoms with van der Waals surface area (Å²) in [5, 5.41) is 3.58. The van der Waals surface area contributed by atoms with Gasteiger partial charge >= 0.3 is 0 Å². The molecule has 2 heteroatoms. The smallest absolute Gasteiger partial charge is 0.0111 e. The second-order valence-corrected chi connectivity index (χ2v) is 5.86. The van der Waals surface area contributed by atoms with Crippen molar-refractivity contribution in [1.82, 2.24) is 5.32 Å². The summed E-state index contributed by atoms with van der Waals surface area (Å²) < 4.78 is 0. The summed E-state index contributed by atoms with van der Waals surface area (Å²) in [6.07, 6.45) is 7.75. The van der Waals surface area contributed by atoms with E-state index in [-0.39, 0.29) is 0 Å². The van der Waals surface area contributed by atoms with Crippen LogP contribution in [-0.4, -0.2) is 24.6 Å². The molecule has 1 nitrogen and oxygen atoms in total. The maximum Gasteiger partial charge on any atom is 0.0111 e. The molecule has 0 spiro atoms. The van der Waals surface area contributed by atoms with Crippen molar-refractivity contribution < 1.29 is 0 Å². The van der Waals surface area contributed by atoms with Gasteiger partial charge in [-0.3, -0.25) is 0 Å². The number of nitrogens with one attached hydrogen (secondary N) is 1. The molecule has 1 aliphatic rings. The molecule has 0 aliphatic heterocycles. The van der Waals surface area contributed by atoms with Crippen molar-refractivity contribution in [2.24, 2.45) is 11.8 Å². The van der Waals surface area contributed by atoms with Gasteiger partial charge in [0.25, 0.3) is 0 Å². The third kappa shape index (κ3) is 6.26. The molecular formula is C13H25NS. The molecule has 1 fully saturated rings. The van der Waals surface area contributed by atoms with Crippen LogP contribution >= 0.6 is 11.8 Å². The molecule has 0 radical (unpaired) electrons. The fraction of sp³-hybridized carbons (Fsp3) is 0.846. The lowest BCUT2D eigenvalue weighted by Crippen LogP contribution is -2.28. The Kier molecular flexibility index (Phi) is 7.20. The topological polar surface area (TPSA) is 12.0 Å². The van der Waals surface area contributed by atoms with Crippen LogP contribution in [0.3, 0.4) is 0 Å². The Bertz CT molecular complexity index is 170. The van der Waals surface area contributed by atoms with Crippen LogP contribution in [-0.2, 0) is 0 Å². The van der Waals surface area contributed by atoms with Gasteiger partial charge in [0.05, 0.1) is 0 Å². The molecule has 0 bridgehead atoms. The third-order valence-electron chi connectivity index (χ3n) is 3.14. The maximum atomic E-state index is 3.72. The Balaban J connectivity index is 1.92. The summed E-state index contributed by atoms with van der Waals surface area (Å²) in [5.41, 5.74) is 0. The zero-order valence-corrected chi connectivity index (χ0v) is 10.8. The van der Waals surface area contributed by atoms with Gasteiger partial charge in [-0.2, -0.15) is 11.8 Å². The van der Waals surface area contributed by atoms with Crippen molar-refractivity contribution in [3.05, 3.63) is 12.7 Å². The number of hydrogen-bond donors (Lipinski definition) is 1. The minimum atomic E-state index is 0.943. The molecule has 1 aliphatic carbocycles. The lowest BCUT2D eigenvalue weighted by Gasteiger charge is -2.26. The lowest BCUT2D eigenvalue weighted by atomic mass is 9.82. The number of rotatable bonds is 7. The highest BCUT2D eigenvalue weighted by atomic mass is 32.2. The molecule has 1 N–H and O–H groups in total. The fourth-order valence-corrected chi connectivity index (χ4v) is 2.98. The summed E-state index contributed by atoms with van der Waals surface area (Å²) >= 11 is 1.96. The number of thioether (sulfide) groups is 1. The van der Waals surface area contributed by atoms with Gasteiger partial charge in [-0.1, -0.05) is 25.8 Å². The van der Waals surface area contributed by atoms with Gasteiger partial charge in [-0.25, -0.2) is 0 Å². The second kappa shape index (κ2) is 8.23. The monoisotopic (exact) mass is 227 g/mol. The Morgan fingerprint density at radius 2 is 2.33 bits per heavy atom. The van der Waals surface area contributed by atoms with Gasteiger partial charge in [0.1, 0.15) is 0 Å². The van der Waals surface area contributed by atoms with E-state index in [1.165, 1.54) is 38.0 Å². The van der Waals surface area contributed by atoms with E-state index in [2.05, 4.69) is 18.8 Å². The Hall–Kier alpha value is 0.0500. The van der Waals surface area contributed by atoms with Crippen molar-refractivity contribution in [3.63, 3.8) is 0 Å². The van der Waals surface area contributed by atoms with Crippen molar-refractivity contribution in [2.75, 3.05) is 24.6 Å². The van der Waals surface area contributed by atoms with Gasteiger partial charge in [0, 0.05) is 18.1 Å². The average molecular weight is 227 g/mol. The summed E-state index contributed by atoms with van der Waals surface area (Å²) in [6, 6.07) is 0. The largest absolute Gasteiger partial charge is 0.316 e. The van der Waals surface area contributed by atoms with Crippen LogP contribution in [0.4, 0.5) is 0 Å². The molecule has 0 aromatic rings. The first-order chi connectivity index (χ1) is 7.33. The number of hydrogen-bond acceptors (Lipinski definition) is 2. The van der Waals surface area contributed by atoms with E-state index >= 15 is 0 Å². The highest BCUT2D eigenvalue weighted by Gasteiger charge is 2.17. The van der Waals surface area contributed by atoms with Crippen LogP contribution < -0.4 is 5.32 Å². The summed E-state index contributed by atoms with van der Waals surface area (Å²) in [6.45, 7) is 8.51. The van der Waals surface area contributed by atoms with Crippen LogP contribution in [0, 0.1) is 11.8 Å². The Morgan fingerprint density at radius 1 is 1.47 bits per heavy atom. The predicted octanol–water partition coefficient (Wildman–Crippen LogP) is 3.32. The molecule has 0 aromatic heterocycles. The molecule has 2 unspecified atom stereocenters. The van der Waals surface area contributed by atoms with Gasteiger partial charge in [-0.05, 0) is 31.2 Å². The molecule has 0 aromatic carbocycles. The fourth-order valence-electron chi connectivity index (χ4n) is 2.36. The SMILES string of the molecule is C=CCSCCNCC1CCCC(C)C1. The summed E-state index contributed by atoms with van der Waals surface area (Å²) in [4.78, 5) is 0. The highest BCUT2D eigenvalue weighted by molar-refractivity contribution is 7.99. The third-order valence-corrected chi connectivity index (χ3v) is 4.10. The van der Waals surface area contributed by atoms with Crippen LogP contribution in [0.2, 0.25) is 0 Å². The van der Waals surface area contributed by atoms with E-state index in [1.54, 1.807) is 0 Å². The van der Waals surface area contributed by atoms with Crippen LogP contribution in [0.25, 0.3) is 0 Å². The van der Waals surface area contributed by atoms with Gasteiger partial charge < -0.3 is 5.32 Å². The minimum Gasteiger partial charge on any atom is -0.316 e. The van der Waals surface area contributed by atoms with Crippen molar-refractivity contribution in [2.45, 2.75) is 32.6 Å². The first kappa shape index (κ1) is 13.1. The maximum absolute atomic E-state index is 3.72. The van der Waals surface area contributed by atoms with Crippen molar-refractivity contribution >= 4 is 11.8 Å². The van der Waals surface area contributed by atoms with Crippen molar-refractivity contribution in [1.29, 1.82) is 0 Å². The summed E-state index contributed by atoms with van der Waals surface area (Å²) in [7, 11) is 0. The zero-order valence-electron chi connectivity index (χ0n) is 10.0. The van der Waals surface area contributed by atoms with Crippen LogP contribution in [0.1, 0.15) is 32.6 Å². The highest BCUT2D eigenvalue weighted by Crippen LogP contribution is 2.27. The van der Waals surface area contributed by atoms with E-state index in [1.807, 2.05) is 17.8 Å². The van der Waals surface area contributed by atoms with Crippen LogP contribution in [0.15, 0.2) is 12.7 Å². The Morgan fingerprint density at radius 3 is 3.07 bits per heavy atom. The molecule has 15 heavy (non-hydrogen) atoms. The molecule has 1 saturated carbocycles. The standard InChI is InChI=1S/C13H25NS/c1-3-8-15-9-7-14-11-13-6-4-5-12(2)10-13/h3,12-14H,1,4-11H2,2H3. The zero-order chi connectivity index (χ0) is 10.9. The van der Waals surface area contributed by atoms with E-state index in [4.69, 9.17) is 0 Å². The molecule has 0 saturated heterocycles. The molecule has 1 rings (SSSR count). The van der Waals surface area contributed by atoms with E-state index in [9.17, 15) is 0 Å². The lowest BCUT2D eigenvalue weighted by molar-refractivity contribution is 0.276. The van der Waals surface area contributed by atoms with Gasteiger partial charge in [0.2, 0.25) is 0 Å². The van der Waals surface area contributed by atoms with Crippen molar-refractivity contribution in [3.8, 4) is 0 Å². The summed E-state index contributed by atoms with van der Waals surface area (Å²) in [5.74, 6) is 4.20. The van der Waals surface area contributed by atoms with Gasteiger partial charge in [0.15, 0.2) is 0 Å². The molecule has 88 valence electrons. The van der Waals surface area contributed by atoms with E-state index in [0.29, 0.717) is 0 Å². The quantitative estimate of drug-likeness (QED) is 0.529. The Labute approximate surface area is 99.1 Å². The average Bonchev–Trinajstić information content (AvgIpc) is 2.23. The minimum absolute atomic E-state index is 0.943. The molecule has 0 heterocycles. The molecular weight excluding hydrogens is 202 g/mol. The molecule has 0 amide bonds. The predicted molar refractivity (Wildman–Crippen MR) is 71.5 cm³/mol. The first-order valence-electron chi connectivity index (χ1n) is 6.22. The normalized spacial score (nSPS) is 26.5. The van der Waals surface area contributed by atoms with E-state index in [0.717, 1.165) is 24.1 Å². The van der Waals surface area contributed by atoms with Gasteiger partial charge in [-0.15, -0.1) is 6.58 Å². The van der Waals surface area contributed by atoms with E-state index < -0.39 is 0 Å². The van der Waals surface area contributed by atoms with Crippen LogP contribution in [0.5, 0.6) is 0 Å². The second-order valence-electron chi connectivity index (χ2n) is 4.71. The molecule has 2 atom stereocenters. The first-order valence-corrected chi connectivity index (χ1v) is 7.37.